The summed E-state index contributed by atoms with van der Waals surface area (Å²) in [4.78, 5) is 42.9. The number of ether oxygens (including phenoxy) is 1. The van der Waals surface area contributed by atoms with E-state index in [1.165, 1.54) is 43.6 Å². The molecule has 3 N–H and O–H groups in total. The molecule has 4 aromatic carbocycles. The number of amides is 2. The highest BCUT2D eigenvalue weighted by molar-refractivity contribution is 7.85. The fraction of sp³-hybridized carbons (Fsp3) is 0.179. The first-order valence-corrected chi connectivity index (χ1v) is 19.5. The number of benzene rings is 4. The van der Waals surface area contributed by atoms with Gasteiger partial charge in [-0.1, -0.05) is 97.1 Å². The van der Waals surface area contributed by atoms with E-state index in [-0.39, 0.29) is 40.7 Å². The predicted molar refractivity (Wildman–Crippen MR) is 203 cm³/mol. The van der Waals surface area contributed by atoms with E-state index in [1.807, 2.05) is 60.7 Å². The van der Waals surface area contributed by atoms with Crippen molar-refractivity contribution in [3.8, 4) is 0 Å². The van der Waals surface area contributed by atoms with Crippen LogP contribution in [0, 0.1) is 0 Å². The Labute approximate surface area is 309 Å². The Balaban J connectivity index is 1.14. The Morgan fingerprint density at radius 2 is 1.45 bits per heavy atom. The van der Waals surface area contributed by atoms with Gasteiger partial charge in [0.05, 0.1) is 24.1 Å². The molecule has 12 nitrogen and oxygen atoms in total. The van der Waals surface area contributed by atoms with Crippen molar-refractivity contribution in [3.05, 3.63) is 144 Å². The molecule has 0 aliphatic carbocycles. The molecule has 272 valence electrons. The van der Waals surface area contributed by atoms with E-state index in [9.17, 15) is 27.4 Å². The number of nitrogens with zero attached hydrogens (tertiary/aromatic N) is 3. The van der Waals surface area contributed by atoms with Gasteiger partial charge in [0.25, 0.3) is 21.9 Å². The predicted octanol–water partition coefficient (Wildman–Crippen LogP) is 5.24. The number of methoxy groups -OCH3 is 1. The van der Waals surface area contributed by atoms with Crippen LogP contribution in [-0.4, -0.2) is 55.4 Å². The Morgan fingerprint density at radius 3 is 2.09 bits per heavy atom. The molecule has 2 amide bonds. The molecule has 0 aliphatic heterocycles. The first-order valence-electron chi connectivity index (χ1n) is 16.7. The summed E-state index contributed by atoms with van der Waals surface area (Å²) in [6.45, 7) is 0.242. The van der Waals surface area contributed by atoms with Crippen molar-refractivity contribution in [1.29, 1.82) is 0 Å². The number of aromatic nitrogens is 1. The number of esters is 1. The van der Waals surface area contributed by atoms with E-state index >= 15 is 0 Å². The van der Waals surface area contributed by atoms with E-state index in [1.54, 1.807) is 6.07 Å². The number of unbranched alkanes of at least 4 members (excludes halogenated alkanes) is 1. The molecule has 1 heterocycles. The number of hydrogen-bond acceptors (Lipinski definition) is 9. The van der Waals surface area contributed by atoms with Gasteiger partial charge in [-0.05, 0) is 72.9 Å². The Morgan fingerprint density at radius 1 is 0.811 bits per heavy atom. The normalized spacial score (nSPS) is 12.0. The van der Waals surface area contributed by atoms with Crippen molar-refractivity contribution >= 4 is 57.6 Å². The molecule has 0 saturated heterocycles. The number of azo groups is 1. The maximum atomic E-state index is 13.5. The lowest BCUT2D eigenvalue weighted by molar-refractivity contribution is -0.143. The zero-order valence-corrected chi connectivity index (χ0v) is 30.5. The summed E-state index contributed by atoms with van der Waals surface area (Å²) < 4.78 is 37.5. The summed E-state index contributed by atoms with van der Waals surface area (Å²) in [6.07, 6.45) is 2.63. The van der Waals surface area contributed by atoms with Gasteiger partial charge in [0.15, 0.2) is 5.82 Å². The fourth-order valence-corrected chi connectivity index (χ4v) is 8.66. The molecule has 0 fully saturated rings. The van der Waals surface area contributed by atoms with E-state index in [4.69, 9.17) is 4.74 Å². The number of carbonyl (C=O) groups excluding carboxylic acids is 3. The van der Waals surface area contributed by atoms with Crippen LogP contribution in [-0.2, 0) is 26.2 Å². The molecule has 1 aromatic heterocycles. The van der Waals surface area contributed by atoms with E-state index in [0.29, 0.717) is 24.9 Å². The van der Waals surface area contributed by atoms with Crippen molar-refractivity contribution in [2.24, 2.45) is 10.2 Å². The molecular formula is C39H38N5O7PS. The molecule has 0 saturated carbocycles. The summed E-state index contributed by atoms with van der Waals surface area (Å²) in [7, 11) is -4.15. The number of rotatable bonds is 16. The second-order valence-corrected chi connectivity index (χ2v) is 15.3. The maximum absolute atomic E-state index is 13.5. The van der Waals surface area contributed by atoms with Gasteiger partial charge < -0.3 is 15.4 Å². The van der Waals surface area contributed by atoms with E-state index in [2.05, 4.69) is 50.1 Å². The van der Waals surface area contributed by atoms with Crippen LogP contribution in [0.25, 0.3) is 0 Å². The Bertz CT molecular complexity index is 2110. The minimum absolute atomic E-state index is 0.124. The lowest BCUT2D eigenvalue weighted by Crippen LogP contribution is -2.41. The summed E-state index contributed by atoms with van der Waals surface area (Å²) in [6, 6.07) is 35.8. The molecule has 53 heavy (non-hydrogen) atoms. The third-order valence-corrected chi connectivity index (χ3v) is 11.5. The quantitative estimate of drug-likeness (QED) is 0.0403. The second-order valence-electron chi connectivity index (χ2n) is 11.7. The molecule has 0 aliphatic rings. The molecule has 5 aromatic rings. The van der Waals surface area contributed by atoms with Crippen molar-refractivity contribution in [3.63, 3.8) is 0 Å². The zero-order chi connectivity index (χ0) is 37.6. The summed E-state index contributed by atoms with van der Waals surface area (Å²) in [5, 5.41) is 16.9. The molecule has 5 rings (SSSR count). The highest BCUT2D eigenvalue weighted by Gasteiger charge is 2.24. The van der Waals surface area contributed by atoms with Gasteiger partial charge >= 0.3 is 5.97 Å². The van der Waals surface area contributed by atoms with Crippen LogP contribution < -0.4 is 26.5 Å². The highest BCUT2D eigenvalue weighted by atomic mass is 32.2. The van der Waals surface area contributed by atoms with Crippen LogP contribution in [0.1, 0.15) is 45.5 Å². The number of carbonyl (C=O) groups is 3. The summed E-state index contributed by atoms with van der Waals surface area (Å²) in [5.74, 6) is -1.17. The van der Waals surface area contributed by atoms with Gasteiger partial charge in [-0.3, -0.25) is 14.1 Å². The number of hydrogen-bond donors (Lipinski definition) is 3. The van der Waals surface area contributed by atoms with Gasteiger partial charge in [-0.25, -0.2) is 9.78 Å². The Kier molecular flexibility index (Phi) is 13.7. The van der Waals surface area contributed by atoms with Crippen LogP contribution in [0.2, 0.25) is 0 Å². The SMILES string of the molecule is COC(=O)C(CCCCNC(=O)c1ccccc1P(c1ccccc1)c1ccccc1)NC(=O)c1ccc(N=NCc2ccccc2S(=O)(=O)O)nc1. The molecule has 14 heteroatoms. The van der Waals surface area contributed by atoms with Gasteiger partial charge in [-0.2, -0.15) is 13.5 Å². The Hall–Kier alpha value is -5.62. The van der Waals surface area contributed by atoms with Crippen molar-refractivity contribution < 1.29 is 32.1 Å². The topological polar surface area (TPSA) is 176 Å². The summed E-state index contributed by atoms with van der Waals surface area (Å²) >= 11 is 0. The first-order chi connectivity index (χ1) is 25.7. The largest absolute Gasteiger partial charge is 0.467 e. The van der Waals surface area contributed by atoms with Crippen molar-refractivity contribution in [1.82, 2.24) is 15.6 Å². The van der Waals surface area contributed by atoms with Crippen molar-refractivity contribution in [2.75, 3.05) is 13.7 Å². The van der Waals surface area contributed by atoms with Crippen LogP contribution in [0.15, 0.2) is 143 Å². The van der Waals surface area contributed by atoms with Gasteiger partial charge in [0.1, 0.15) is 6.04 Å². The molecule has 0 radical (unpaired) electrons. The van der Waals surface area contributed by atoms with E-state index in [0.717, 1.165) is 15.9 Å². The smallest absolute Gasteiger partial charge is 0.328 e. The molecule has 0 bridgehead atoms. The number of pyridine rings is 1. The average Bonchev–Trinajstić information content (AvgIpc) is 3.18. The van der Waals surface area contributed by atoms with Crippen molar-refractivity contribution in [2.45, 2.75) is 36.7 Å². The molecule has 0 spiro atoms. The third kappa shape index (κ3) is 10.7. The summed E-state index contributed by atoms with van der Waals surface area (Å²) in [5.41, 5.74) is 1.04. The molecule has 1 unspecified atom stereocenters. The lowest BCUT2D eigenvalue weighted by atomic mass is 10.1. The monoisotopic (exact) mass is 751 g/mol. The fourth-order valence-electron chi connectivity index (χ4n) is 5.50. The highest BCUT2D eigenvalue weighted by Crippen LogP contribution is 2.34. The zero-order valence-electron chi connectivity index (χ0n) is 28.8. The van der Waals surface area contributed by atoms with Gasteiger partial charge in [0.2, 0.25) is 0 Å². The lowest BCUT2D eigenvalue weighted by Gasteiger charge is -2.22. The number of nitrogens with one attached hydrogen (secondary N) is 2. The van der Waals surface area contributed by atoms with Crippen LogP contribution in [0.5, 0.6) is 0 Å². The molecule has 1 atom stereocenters. The van der Waals surface area contributed by atoms with Gasteiger partial charge in [0, 0.05) is 18.3 Å². The van der Waals surface area contributed by atoms with E-state index < -0.39 is 36.0 Å². The maximum Gasteiger partial charge on any atom is 0.328 e. The van der Waals surface area contributed by atoms with Crippen LogP contribution >= 0.6 is 7.92 Å². The third-order valence-electron chi connectivity index (χ3n) is 8.09. The second kappa shape index (κ2) is 18.7. The standard InChI is InChI=1S/C39H38N5O7PS/c1-51-39(47)33(43-37(45)29-23-24-36(41-26-29)44-42-27-28-14-8-11-22-35(28)53(48,49)50)20-12-13-25-40-38(46)32-19-9-10-21-34(32)52(30-15-4-2-5-16-30)31-17-6-3-7-18-31/h2-11,14-19,21-24,26,33H,12-13,20,25,27H2,1H3,(H,40,46)(H,43,45)(H,48,49,50). The minimum atomic E-state index is -4.42. The van der Waals surface area contributed by atoms with Gasteiger partial charge in [-0.15, -0.1) is 5.11 Å². The molecular weight excluding hydrogens is 713 g/mol. The van der Waals surface area contributed by atoms with Crippen LogP contribution in [0.4, 0.5) is 5.82 Å². The minimum Gasteiger partial charge on any atom is -0.467 e. The first kappa shape index (κ1) is 38.6. The average molecular weight is 752 g/mol. The van der Waals surface area contributed by atoms with Crippen LogP contribution in [0.3, 0.4) is 0 Å².